The topological polar surface area (TPSA) is 63.8 Å². The van der Waals surface area contributed by atoms with Gasteiger partial charge in [-0.05, 0) is 43.3 Å². The van der Waals surface area contributed by atoms with Crippen LogP contribution in [0.4, 0.5) is 4.39 Å². The molecule has 0 spiro atoms. The van der Waals surface area contributed by atoms with Gasteiger partial charge in [-0.25, -0.2) is 4.39 Å². The number of aryl methyl sites for hydroxylation is 1. The van der Waals surface area contributed by atoms with Gasteiger partial charge in [-0.3, -0.25) is 4.79 Å². The molecule has 0 aliphatic carbocycles. The molecule has 0 saturated carbocycles. The third kappa shape index (κ3) is 2.76. The highest BCUT2D eigenvalue weighted by Crippen LogP contribution is 2.16. The molecule has 0 radical (unpaired) electrons. The van der Waals surface area contributed by atoms with Gasteiger partial charge < -0.3 is 15.3 Å². The van der Waals surface area contributed by atoms with Gasteiger partial charge in [0.15, 0.2) is 4.77 Å². The van der Waals surface area contributed by atoms with E-state index in [0.717, 1.165) is 17.5 Å². The Morgan fingerprint density at radius 2 is 2.22 bits per heavy atom. The minimum atomic E-state index is -0.302. The van der Waals surface area contributed by atoms with Gasteiger partial charge in [0.1, 0.15) is 5.82 Å². The largest absolute Gasteiger partial charge is 0.370 e. The zero-order valence-corrected chi connectivity index (χ0v) is 10.6. The summed E-state index contributed by atoms with van der Waals surface area (Å²) in [7, 11) is 0. The summed E-state index contributed by atoms with van der Waals surface area (Å²) in [4.78, 5) is 13.6. The standard InChI is InChI=1S/C12H14FN3OS/c13-8-4-5-9-10(7-8)16(12(18)15-9)6-2-1-3-11(14)17/h4-5,7H,1-3,6H2,(H2,14,17)(H,15,18). The number of rotatable bonds is 5. The van der Waals surface area contributed by atoms with E-state index >= 15 is 0 Å². The van der Waals surface area contributed by atoms with Crippen molar-refractivity contribution in [2.45, 2.75) is 25.8 Å². The number of nitrogens with zero attached hydrogens (tertiary/aromatic N) is 1. The minimum absolute atomic E-state index is 0.289. The number of halogens is 1. The Morgan fingerprint density at radius 1 is 1.44 bits per heavy atom. The highest BCUT2D eigenvalue weighted by molar-refractivity contribution is 7.71. The molecule has 0 saturated heterocycles. The second-order valence-corrected chi connectivity index (χ2v) is 4.55. The van der Waals surface area contributed by atoms with Crippen LogP contribution in [0, 0.1) is 10.6 Å². The second-order valence-electron chi connectivity index (χ2n) is 4.17. The van der Waals surface area contributed by atoms with Gasteiger partial charge >= 0.3 is 0 Å². The average molecular weight is 267 g/mol. The number of amides is 1. The van der Waals surface area contributed by atoms with E-state index in [1.807, 2.05) is 4.57 Å². The zero-order valence-electron chi connectivity index (χ0n) is 9.78. The lowest BCUT2D eigenvalue weighted by atomic mass is 10.2. The number of fused-ring (bicyclic) bond motifs is 1. The van der Waals surface area contributed by atoms with E-state index in [4.69, 9.17) is 18.0 Å². The van der Waals surface area contributed by atoms with Crippen molar-refractivity contribution in [1.29, 1.82) is 0 Å². The van der Waals surface area contributed by atoms with Crippen molar-refractivity contribution in [2.24, 2.45) is 5.73 Å². The maximum atomic E-state index is 13.2. The fourth-order valence-electron chi connectivity index (χ4n) is 1.92. The van der Waals surface area contributed by atoms with Crippen molar-refractivity contribution in [3.63, 3.8) is 0 Å². The van der Waals surface area contributed by atoms with E-state index in [-0.39, 0.29) is 11.7 Å². The summed E-state index contributed by atoms with van der Waals surface area (Å²) >= 11 is 5.19. The quantitative estimate of drug-likeness (QED) is 0.645. The first-order valence-corrected chi connectivity index (χ1v) is 6.15. The molecule has 4 nitrogen and oxygen atoms in total. The van der Waals surface area contributed by atoms with Crippen LogP contribution in [-0.2, 0) is 11.3 Å². The first kappa shape index (κ1) is 12.8. The third-order valence-electron chi connectivity index (χ3n) is 2.79. The van der Waals surface area contributed by atoms with Crippen LogP contribution in [0.2, 0.25) is 0 Å². The number of carbonyl (C=O) groups excluding carboxylic acids is 1. The number of hydrogen-bond donors (Lipinski definition) is 2. The molecule has 0 aliphatic rings. The number of unbranched alkanes of at least 4 members (excludes halogenated alkanes) is 1. The van der Waals surface area contributed by atoms with Crippen molar-refractivity contribution in [3.05, 3.63) is 28.8 Å². The van der Waals surface area contributed by atoms with Gasteiger partial charge in [-0.1, -0.05) is 0 Å². The minimum Gasteiger partial charge on any atom is -0.370 e. The third-order valence-corrected chi connectivity index (χ3v) is 3.11. The van der Waals surface area contributed by atoms with Crippen molar-refractivity contribution >= 4 is 29.2 Å². The smallest absolute Gasteiger partial charge is 0.217 e. The molecule has 2 rings (SSSR count). The highest BCUT2D eigenvalue weighted by atomic mass is 32.1. The SMILES string of the molecule is NC(=O)CCCCn1c(=S)[nH]c2ccc(F)cc21. The summed E-state index contributed by atoms with van der Waals surface area (Å²) in [6, 6.07) is 4.52. The van der Waals surface area contributed by atoms with Gasteiger partial charge in [0.25, 0.3) is 0 Å². The summed E-state index contributed by atoms with van der Waals surface area (Å²) in [5.74, 6) is -0.592. The summed E-state index contributed by atoms with van der Waals surface area (Å²) in [5.41, 5.74) is 6.64. The zero-order chi connectivity index (χ0) is 13.1. The maximum Gasteiger partial charge on any atom is 0.217 e. The van der Waals surface area contributed by atoms with Crippen molar-refractivity contribution in [1.82, 2.24) is 9.55 Å². The molecule has 0 unspecified atom stereocenters. The molecule has 3 N–H and O–H groups in total. The van der Waals surface area contributed by atoms with Crippen LogP contribution in [0.25, 0.3) is 11.0 Å². The van der Waals surface area contributed by atoms with Crippen LogP contribution in [0.3, 0.4) is 0 Å². The van der Waals surface area contributed by atoms with Gasteiger partial charge in [0.05, 0.1) is 11.0 Å². The Hall–Kier alpha value is -1.69. The molecule has 0 atom stereocenters. The molecule has 1 aromatic carbocycles. The molecule has 18 heavy (non-hydrogen) atoms. The van der Waals surface area contributed by atoms with Gasteiger partial charge in [-0.2, -0.15) is 0 Å². The first-order chi connectivity index (χ1) is 8.58. The average Bonchev–Trinajstić information content (AvgIpc) is 2.60. The van der Waals surface area contributed by atoms with Crippen LogP contribution >= 0.6 is 12.2 Å². The fraction of sp³-hybridized carbons (Fsp3) is 0.333. The van der Waals surface area contributed by atoms with Crippen molar-refractivity contribution < 1.29 is 9.18 Å². The Morgan fingerprint density at radius 3 is 2.94 bits per heavy atom. The summed E-state index contributed by atoms with van der Waals surface area (Å²) in [6.07, 6.45) is 1.85. The lowest BCUT2D eigenvalue weighted by molar-refractivity contribution is -0.118. The number of imidazole rings is 1. The normalized spacial score (nSPS) is 10.9. The second kappa shape index (κ2) is 5.30. The molecule has 1 aromatic heterocycles. The number of primary amides is 1. The van der Waals surface area contributed by atoms with Crippen LogP contribution in [-0.4, -0.2) is 15.5 Å². The summed E-state index contributed by atoms with van der Waals surface area (Å²) < 4.78 is 15.6. The lowest BCUT2D eigenvalue weighted by Gasteiger charge is -2.03. The maximum absolute atomic E-state index is 13.2. The van der Waals surface area contributed by atoms with E-state index in [1.54, 1.807) is 6.07 Å². The van der Waals surface area contributed by atoms with Crippen molar-refractivity contribution in [2.75, 3.05) is 0 Å². The van der Waals surface area contributed by atoms with Gasteiger partial charge in [-0.15, -0.1) is 0 Å². The van der Waals surface area contributed by atoms with Crippen LogP contribution in [0.5, 0.6) is 0 Å². The molecule has 0 fully saturated rings. The van der Waals surface area contributed by atoms with Gasteiger partial charge in [0, 0.05) is 13.0 Å². The molecule has 2 aromatic rings. The number of benzene rings is 1. The number of aromatic amines is 1. The molecule has 0 bridgehead atoms. The monoisotopic (exact) mass is 267 g/mol. The fourth-order valence-corrected chi connectivity index (χ4v) is 2.22. The van der Waals surface area contributed by atoms with Crippen LogP contribution < -0.4 is 5.73 Å². The van der Waals surface area contributed by atoms with E-state index in [1.165, 1.54) is 12.1 Å². The molecule has 96 valence electrons. The molecular weight excluding hydrogens is 253 g/mol. The Kier molecular flexibility index (Phi) is 3.76. The molecule has 0 aliphatic heterocycles. The van der Waals surface area contributed by atoms with Crippen LogP contribution in [0.1, 0.15) is 19.3 Å². The number of H-pyrrole nitrogens is 1. The number of nitrogens with one attached hydrogen (secondary N) is 1. The first-order valence-electron chi connectivity index (χ1n) is 5.74. The predicted octanol–water partition coefficient (Wildman–Crippen LogP) is 2.49. The van der Waals surface area contributed by atoms with E-state index in [2.05, 4.69) is 4.98 Å². The molecule has 6 heteroatoms. The number of carbonyl (C=O) groups is 1. The van der Waals surface area contributed by atoms with Crippen molar-refractivity contribution in [3.8, 4) is 0 Å². The highest BCUT2D eigenvalue weighted by Gasteiger charge is 2.05. The van der Waals surface area contributed by atoms with E-state index in [0.29, 0.717) is 24.2 Å². The summed E-state index contributed by atoms with van der Waals surface area (Å²) in [6.45, 7) is 0.648. The number of nitrogens with two attached hydrogens (primary N) is 1. The summed E-state index contributed by atoms with van der Waals surface area (Å²) in [5, 5.41) is 0. The molecule has 1 heterocycles. The Labute approximate surface area is 109 Å². The Balaban J connectivity index is 2.17. The molecular formula is C12H14FN3OS. The van der Waals surface area contributed by atoms with E-state index < -0.39 is 0 Å². The Bertz CT molecular complexity index is 632. The lowest BCUT2D eigenvalue weighted by Crippen LogP contribution is -2.10. The van der Waals surface area contributed by atoms with E-state index in [9.17, 15) is 9.18 Å². The van der Waals surface area contributed by atoms with Gasteiger partial charge in [0.2, 0.25) is 5.91 Å². The predicted molar refractivity (Wildman–Crippen MR) is 70.1 cm³/mol. The molecule has 1 amide bonds. The van der Waals surface area contributed by atoms with Crippen LogP contribution in [0.15, 0.2) is 18.2 Å². The number of aromatic nitrogens is 2. The number of hydrogen-bond acceptors (Lipinski definition) is 2.